The molecule has 0 bridgehead atoms. The molecule has 1 N–H and O–H groups in total. The van der Waals surface area contributed by atoms with Crippen LogP contribution in [0, 0.1) is 5.92 Å². The first-order chi connectivity index (χ1) is 14.3. The van der Waals surface area contributed by atoms with Crippen LogP contribution < -0.4 is 10.1 Å². The van der Waals surface area contributed by atoms with Crippen molar-refractivity contribution >= 4 is 27.5 Å². The first kappa shape index (κ1) is 22.6. The van der Waals surface area contributed by atoms with Gasteiger partial charge < -0.3 is 10.1 Å². The van der Waals surface area contributed by atoms with Crippen molar-refractivity contribution in [1.82, 2.24) is 9.62 Å². The van der Waals surface area contributed by atoms with Gasteiger partial charge >= 0.3 is 0 Å². The fourth-order valence-electron chi connectivity index (χ4n) is 3.68. The van der Waals surface area contributed by atoms with Crippen molar-refractivity contribution in [3.63, 3.8) is 0 Å². The smallest absolute Gasteiger partial charge is 0.243 e. The Labute approximate surface area is 183 Å². The van der Waals surface area contributed by atoms with Crippen LogP contribution in [0.1, 0.15) is 37.8 Å². The number of carbonyl (C=O) groups excluding carboxylic acids is 1. The summed E-state index contributed by atoms with van der Waals surface area (Å²) in [6, 6.07) is 13.6. The molecule has 162 valence electrons. The zero-order valence-electron chi connectivity index (χ0n) is 17.2. The van der Waals surface area contributed by atoms with Gasteiger partial charge in [0.25, 0.3) is 0 Å². The van der Waals surface area contributed by atoms with Gasteiger partial charge in [0.15, 0.2) is 0 Å². The van der Waals surface area contributed by atoms with Crippen molar-refractivity contribution in [3.05, 3.63) is 59.1 Å². The summed E-state index contributed by atoms with van der Waals surface area (Å²) < 4.78 is 32.5. The van der Waals surface area contributed by atoms with E-state index in [1.54, 1.807) is 19.2 Å². The Bertz CT molecular complexity index is 962. The number of sulfonamides is 1. The number of piperidine rings is 1. The molecule has 2 aromatic rings. The molecular formula is C22H27ClN2O4S. The molecule has 6 nitrogen and oxygen atoms in total. The Kier molecular flexibility index (Phi) is 7.39. The third-order valence-corrected chi connectivity index (χ3v) is 7.58. The topological polar surface area (TPSA) is 75.7 Å². The highest BCUT2D eigenvalue weighted by Crippen LogP contribution is 2.26. The Hall–Kier alpha value is -2.09. The van der Waals surface area contributed by atoms with Gasteiger partial charge in [0.2, 0.25) is 15.9 Å². The van der Waals surface area contributed by atoms with Gasteiger partial charge in [-0.1, -0.05) is 30.7 Å². The molecule has 0 aromatic heterocycles. The quantitative estimate of drug-likeness (QED) is 0.691. The second-order valence-electron chi connectivity index (χ2n) is 7.40. The van der Waals surface area contributed by atoms with E-state index in [0.717, 1.165) is 17.7 Å². The summed E-state index contributed by atoms with van der Waals surface area (Å²) in [5.74, 6) is 0.261. The predicted molar refractivity (Wildman–Crippen MR) is 117 cm³/mol. The van der Waals surface area contributed by atoms with Crippen LogP contribution in [0.3, 0.4) is 0 Å². The Morgan fingerprint density at radius 2 is 1.87 bits per heavy atom. The molecule has 2 atom stereocenters. The van der Waals surface area contributed by atoms with Gasteiger partial charge in [-0.2, -0.15) is 4.31 Å². The SMILES string of the molecule is CCC(NC(=O)C1CCCN(S(=O)(=O)c2ccc(Cl)cc2)C1)c1ccc(OC)cc1. The van der Waals surface area contributed by atoms with E-state index >= 15 is 0 Å². The maximum Gasteiger partial charge on any atom is 0.243 e. The molecule has 1 saturated heterocycles. The van der Waals surface area contributed by atoms with Crippen molar-refractivity contribution in [3.8, 4) is 5.75 Å². The summed E-state index contributed by atoms with van der Waals surface area (Å²) in [5, 5.41) is 3.57. The summed E-state index contributed by atoms with van der Waals surface area (Å²) in [6.45, 7) is 2.59. The number of halogens is 1. The average Bonchev–Trinajstić information content (AvgIpc) is 2.77. The van der Waals surface area contributed by atoms with Gasteiger partial charge in [0.1, 0.15) is 5.75 Å². The van der Waals surface area contributed by atoms with E-state index in [1.807, 2.05) is 31.2 Å². The van der Waals surface area contributed by atoms with Crippen molar-refractivity contribution in [1.29, 1.82) is 0 Å². The molecule has 0 spiro atoms. The number of nitrogens with zero attached hydrogens (tertiary/aromatic N) is 1. The molecule has 1 heterocycles. The number of methoxy groups -OCH3 is 1. The van der Waals surface area contributed by atoms with Crippen LogP contribution in [0.5, 0.6) is 5.75 Å². The van der Waals surface area contributed by atoms with Crippen molar-refractivity contribution in [2.45, 2.75) is 37.1 Å². The minimum absolute atomic E-state index is 0.117. The van der Waals surface area contributed by atoms with E-state index < -0.39 is 10.0 Å². The van der Waals surface area contributed by atoms with E-state index in [-0.39, 0.29) is 29.3 Å². The molecule has 1 amide bonds. The lowest BCUT2D eigenvalue weighted by Gasteiger charge is -2.32. The maximum absolute atomic E-state index is 13.0. The molecule has 0 radical (unpaired) electrons. The Balaban J connectivity index is 1.69. The summed E-state index contributed by atoms with van der Waals surface area (Å²) >= 11 is 5.87. The van der Waals surface area contributed by atoms with Crippen LogP contribution in [0.2, 0.25) is 5.02 Å². The molecule has 0 saturated carbocycles. The molecule has 2 unspecified atom stereocenters. The lowest BCUT2D eigenvalue weighted by molar-refractivity contribution is -0.126. The van der Waals surface area contributed by atoms with Crippen molar-refractivity contribution < 1.29 is 17.9 Å². The molecule has 3 rings (SSSR count). The highest BCUT2D eigenvalue weighted by Gasteiger charge is 2.33. The number of nitrogens with one attached hydrogen (secondary N) is 1. The monoisotopic (exact) mass is 450 g/mol. The fourth-order valence-corrected chi connectivity index (χ4v) is 5.33. The number of benzene rings is 2. The highest BCUT2D eigenvalue weighted by atomic mass is 35.5. The summed E-state index contributed by atoms with van der Waals surface area (Å²) in [4.78, 5) is 13.1. The van der Waals surface area contributed by atoms with Gasteiger partial charge in [-0.05, 0) is 61.2 Å². The van der Waals surface area contributed by atoms with Crippen LogP contribution in [0.4, 0.5) is 0 Å². The van der Waals surface area contributed by atoms with Crippen molar-refractivity contribution in [2.75, 3.05) is 20.2 Å². The number of rotatable bonds is 7. The van der Waals surface area contributed by atoms with Gasteiger partial charge in [0.05, 0.1) is 24.0 Å². The lowest BCUT2D eigenvalue weighted by Crippen LogP contribution is -2.46. The Morgan fingerprint density at radius 1 is 1.20 bits per heavy atom. The first-order valence-corrected chi connectivity index (χ1v) is 11.9. The van der Waals surface area contributed by atoms with Gasteiger partial charge in [-0.25, -0.2) is 8.42 Å². The van der Waals surface area contributed by atoms with Crippen LogP contribution in [-0.4, -0.2) is 38.8 Å². The number of hydrogen-bond acceptors (Lipinski definition) is 4. The second-order valence-corrected chi connectivity index (χ2v) is 9.77. The standard InChI is InChI=1S/C22H27ClN2O4S/c1-3-21(16-6-10-19(29-2)11-7-16)24-22(26)17-5-4-14-25(15-17)30(27,28)20-12-8-18(23)9-13-20/h6-13,17,21H,3-5,14-15H2,1-2H3,(H,24,26). The molecule has 30 heavy (non-hydrogen) atoms. The van der Waals surface area contributed by atoms with Crippen LogP contribution >= 0.6 is 11.6 Å². The zero-order valence-corrected chi connectivity index (χ0v) is 18.7. The summed E-state index contributed by atoms with van der Waals surface area (Å²) in [7, 11) is -2.05. The predicted octanol–water partition coefficient (Wildman–Crippen LogP) is 4.02. The summed E-state index contributed by atoms with van der Waals surface area (Å²) in [6.07, 6.45) is 2.04. The third kappa shape index (κ3) is 5.14. The van der Waals surface area contributed by atoms with E-state index in [0.29, 0.717) is 24.4 Å². The maximum atomic E-state index is 13.0. The van der Waals surface area contributed by atoms with E-state index in [4.69, 9.17) is 16.3 Å². The third-order valence-electron chi connectivity index (χ3n) is 5.45. The minimum Gasteiger partial charge on any atom is -0.497 e. The average molecular weight is 451 g/mol. The number of carbonyl (C=O) groups is 1. The number of ether oxygens (including phenoxy) is 1. The number of hydrogen-bond donors (Lipinski definition) is 1. The molecule has 8 heteroatoms. The number of amides is 1. The zero-order chi connectivity index (χ0) is 21.7. The molecule has 1 fully saturated rings. The minimum atomic E-state index is -3.66. The van der Waals surface area contributed by atoms with E-state index in [1.165, 1.54) is 16.4 Å². The first-order valence-electron chi connectivity index (χ1n) is 10.0. The molecular weight excluding hydrogens is 424 g/mol. The van der Waals surface area contributed by atoms with Crippen LogP contribution in [-0.2, 0) is 14.8 Å². The van der Waals surface area contributed by atoms with E-state index in [9.17, 15) is 13.2 Å². The Morgan fingerprint density at radius 3 is 2.47 bits per heavy atom. The fraction of sp³-hybridized carbons (Fsp3) is 0.409. The van der Waals surface area contributed by atoms with Crippen LogP contribution in [0.25, 0.3) is 0 Å². The van der Waals surface area contributed by atoms with Crippen LogP contribution in [0.15, 0.2) is 53.4 Å². The largest absolute Gasteiger partial charge is 0.497 e. The molecule has 2 aromatic carbocycles. The van der Waals surface area contributed by atoms with Gasteiger partial charge in [-0.3, -0.25) is 4.79 Å². The molecule has 1 aliphatic rings. The normalized spacial score (nSPS) is 18.6. The molecule has 0 aliphatic carbocycles. The van der Waals surface area contributed by atoms with Crippen molar-refractivity contribution in [2.24, 2.45) is 5.92 Å². The van der Waals surface area contributed by atoms with Gasteiger partial charge in [0, 0.05) is 18.1 Å². The van der Waals surface area contributed by atoms with Gasteiger partial charge in [-0.15, -0.1) is 0 Å². The second kappa shape index (κ2) is 9.81. The molecule has 1 aliphatic heterocycles. The summed E-state index contributed by atoms with van der Waals surface area (Å²) in [5.41, 5.74) is 0.994. The highest BCUT2D eigenvalue weighted by molar-refractivity contribution is 7.89. The lowest BCUT2D eigenvalue weighted by atomic mass is 9.97. The van der Waals surface area contributed by atoms with E-state index in [2.05, 4.69) is 5.32 Å².